The largest absolute Gasteiger partial charge is 0.493 e. The number of carboxylic acids is 1. The van der Waals surface area contributed by atoms with Crippen molar-refractivity contribution in [2.24, 2.45) is 5.41 Å². The normalized spacial score (nSPS) is 21.9. The van der Waals surface area contributed by atoms with Gasteiger partial charge in [-0.05, 0) is 52.2 Å². The van der Waals surface area contributed by atoms with Crippen LogP contribution in [0.3, 0.4) is 0 Å². The van der Waals surface area contributed by atoms with Gasteiger partial charge in [0, 0.05) is 43.3 Å². The number of aliphatic hydroxyl groups excluding tert-OH is 3. The van der Waals surface area contributed by atoms with E-state index in [9.17, 15) is 62.2 Å². The third-order valence-electron chi connectivity index (χ3n) is 8.17. The van der Waals surface area contributed by atoms with Crippen LogP contribution in [0.5, 0.6) is 11.5 Å². The Hall–Kier alpha value is -4.67. The number of aliphatic carboxylic acids is 1. The molecule has 55 heavy (non-hydrogen) atoms. The Bertz CT molecular complexity index is 1690. The summed E-state index contributed by atoms with van der Waals surface area (Å²) in [5.41, 5.74) is -0.476. The molecule has 1 unspecified atom stereocenters. The zero-order valence-corrected chi connectivity index (χ0v) is 31.2. The van der Waals surface area contributed by atoms with E-state index in [0.29, 0.717) is 24.8 Å². The van der Waals surface area contributed by atoms with Crippen LogP contribution in [0.25, 0.3) is 0 Å². The quantitative estimate of drug-likeness (QED) is 0.0352. The molecule has 1 saturated heterocycles. The minimum absolute atomic E-state index is 0.0381. The summed E-state index contributed by atoms with van der Waals surface area (Å²) in [6, 6.07) is 2.50. The molecule has 4 amide bonds. The molecule has 2 aliphatic rings. The van der Waals surface area contributed by atoms with E-state index in [1.54, 1.807) is 20.8 Å². The molecular formula is C34H47N3O17S. The molecule has 0 aromatic heterocycles. The smallest absolute Gasteiger partial charge is 0.335 e. The molecule has 1 aromatic rings. The number of hydrogen-bond donors (Lipinski definition) is 7. The Balaban J connectivity index is 1.57. The number of carbonyl (C=O) groups excluding carboxylic acids is 5. The summed E-state index contributed by atoms with van der Waals surface area (Å²) in [7, 11) is -4.69. The van der Waals surface area contributed by atoms with Crippen molar-refractivity contribution in [1.82, 2.24) is 15.5 Å². The number of carboxylic acid groups (broad SMARTS) is 1. The van der Waals surface area contributed by atoms with E-state index in [2.05, 4.69) is 10.6 Å². The van der Waals surface area contributed by atoms with Gasteiger partial charge >= 0.3 is 11.9 Å². The topological polar surface area (TPSA) is 302 Å². The van der Waals surface area contributed by atoms with Crippen LogP contribution < -0.4 is 20.1 Å². The molecule has 3 rings (SSSR count). The van der Waals surface area contributed by atoms with Crippen molar-refractivity contribution in [1.29, 1.82) is 0 Å². The van der Waals surface area contributed by atoms with Crippen molar-refractivity contribution >= 4 is 45.7 Å². The highest BCUT2D eigenvalue weighted by Crippen LogP contribution is 2.30. The van der Waals surface area contributed by atoms with Crippen LogP contribution in [0.2, 0.25) is 0 Å². The molecular weight excluding hydrogens is 754 g/mol. The van der Waals surface area contributed by atoms with Crippen LogP contribution in [0.1, 0.15) is 58.4 Å². The molecule has 6 atom stereocenters. The molecule has 0 aliphatic carbocycles. The van der Waals surface area contributed by atoms with E-state index >= 15 is 0 Å². The average molecular weight is 802 g/mol. The lowest BCUT2D eigenvalue weighted by Gasteiger charge is -2.38. The number of carbonyl (C=O) groups is 6. The molecule has 1 fully saturated rings. The Kier molecular flexibility index (Phi) is 16.1. The van der Waals surface area contributed by atoms with Gasteiger partial charge in [-0.15, -0.1) is 0 Å². The fourth-order valence-electron chi connectivity index (χ4n) is 5.14. The number of benzene rings is 1. The van der Waals surface area contributed by atoms with E-state index in [0.717, 1.165) is 17.1 Å². The highest BCUT2D eigenvalue weighted by atomic mass is 32.2. The molecule has 1 aromatic carbocycles. The van der Waals surface area contributed by atoms with E-state index < -0.39 is 93.6 Å². The fourth-order valence-corrected chi connectivity index (χ4v) is 5.79. The number of ether oxygens (including phenoxy) is 4. The number of imide groups is 1. The van der Waals surface area contributed by atoms with E-state index in [1.165, 1.54) is 18.2 Å². The predicted molar refractivity (Wildman–Crippen MR) is 186 cm³/mol. The zero-order chi connectivity index (χ0) is 41.1. The summed E-state index contributed by atoms with van der Waals surface area (Å²) in [6.07, 6.45) is -5.83. The zero-order valence-electron chi connectivity index (χ0n) is 30.4. The minimum Gasteiger partial charge on any atom is -0.493 e. The van der Waals surface area contributed by atoms with Gasteiger partial charge in [0.2, 0.25) is 18.1 Å². The second kappa shape index (κ2) is 19.8. The summed E-state index contributed by atoms with van der Waals surface area (Å²) in [5.74, 6) is -5.60. The summed E-state index contributed by atoms with van der Waals surface area (Å²) in [4.78, 5) is 73.5. The summed E-state index contributed by atoms with van der Waals surface area (Å²) in [6.45, 7) is 4.69. The lowest BCUT2D eigenvalue weighted by molar-refractivity contribution is -0.271. The Labute approximate surface area is 316 Å². The van der Waals surface area contributed by atoms with Gasteiger partial charge in [0.15, 0.2) is 6.10 Å². The van der Waals surface area contributed by atoms with Gasteiger partial charge in [-0.3, -0.25) is 33.4 Å². The summed E-state index contributed by atoms with van der Waals surface area (Å²) in [5, 5.41) is 44.5. The molecule has 0 radical (unpaired) electrons. The van der Waals surface area contributed by atoms with Gasteiger partial charge in [0.25, 0.3) is 21.9 Å². The molecule has 2 heterocycles. The number of aliphatic hydroxyl groups is 3. The van der Waals surface area contributed by atoms with Gasteiger partial charge < -0.3 is 50.0 Å². The maximum atomic E-state index is 12.8. The van der Waals surface area contributed by atoms with Crippen LogP contribution in [-0.2, 0) is 55.0 Å². The molecule has 7 N–H and O–H groups in total. The van der Waals surface area contributed by atoms with Crippen molar-refractivity contribution in [3.8, 4) is 11.5 Å². The number of nitrogens with one attached hydrogen (secondary N) is 2. The lowest BCUT2D eigenvalue weighted by Crippen LogP contribution is -2.61. The third-order valence-corrected chi connectivity index (χ3v) is 8.92. The average Bonchev–Trinajstić information content (AvgIpc) is 3.41. The van der Waals surface area contributed by atoms with Crippen molar-refractivity contribution in [3.05, 3.63) is 35.9 Å². The number of esters is 1. The first-order chi connectivity index (χ1) is 25.7. The van der Waals surface area contributed by atoms with Crippen LogP contribution >= 0.6 is 0 Å². The third kappa shape index (κ3) is 13.8. The second-order valence-electron chi connectivity index (χ2n) is 13.8. The van der Waals surface area contributed by atoms with Crippen molar-refractivity contribution < 1.29 is 81.1 Å². The number of unbranched alkanes of at least 4 members (excludes halogenated alkanes) is 2. The molecule has 0 saturated carbocycles. The van der Waals surface area contributed by atoms with Crippen molar-refractivity contribution in [2.45, 2.75) is 96.2 Å². The summed E-state index contributed by atoms with van der Waals surface area (Å²) < 4.78 is 54.5. The van der Waals surface area contributed by atoms with Gasteiger partial charge in [0.05, 0.1) is 12.0 Å². The second-order valence-corrected chi connectivity index (χ2v) is 15.3. The highest BCUT2D eigenvalue weighted by molar-refractivity contribution is 7.85. The molecule has 0 spiro atoms. The van der Waals surface area contributed by atoms with E-state index in [4.69, 9.17) is 18.9 Å². The number of nitrogens with zero attached hydrogens (tertiary/aromatic N) is 1. The predicted octanol–water partition coefficient (Wildman–Crippen LogP) is -1.21. The first-order valence-electron chi connectivity index (χ1n) is 17.3. The lowest BCUT2D eigenvalue weighted by atomic mass is 9.97. The van der Waals surface area contributed by atoms with Gasteiger partial charge in [0.1, 0.15) is 48.2 Å². The molecule has 306 valence electrons. The maximum absolute atomic E-state index is 12.8. The Morgan fingerprint density at radius 1 is 0.964 bits per heavy atom. The monoisotopic (exact) mass is 801 g/mol. The first-order valence-corrected chi connectivity index (χ1v) is 18.9. The van der Waals surface area contributed by atoms with Gasteiger partial charge in [-0.2, -0.15) is 8.42 Å². The van der Waals surface area contributed by atoms with E-state index in [1.807, 2.05) is 0 Å². The van der Waals surface area contributed by atoms with Crippen molar-refractivity contribution in [3.63, 3.8) is 0 Å². The SMILES string of the molecule is CC(C)(C)C(=O)OCc1ccc(O[C@@H]2OC(C(=O)O)[C@@H](O)[C@H](O)[C@H]2O)cc1OCCCNC(=O)[C@H](CS(=O)(=O)O)NC(=O)CCCCCN1C(=O)C=CC1=O. The number of rotatable bonds is 20. The van der Waals surface area contributed by atoms with Crippen molar-refractivity contribution in [2.75, 3.05) is 25.4 Å². The van der Waals surface area contributed by atoms with Crippen LogP contribution in [-0.4, -0.2) is 136 Å². The first kappa shape index (κ1) is 44.7. The highest BCUT2D eigenvalue weighted by Gasteiger charge is 2.48. The van der Waals surface area contributed by atoms with Crippen LogP contribution in [0, 0.1) is 5.41 Å². The standard InChI is InChI=1S/C34H47N3O17S/c1-34(2,3)33(47)52-17-19-9-10-20(53-32-28(43)26(41)27(42)29(54-32)31(45)46)16-22(19)51-15-7-13-35-30(44)21(18-55(48,49)50)36-23(38)8-5-4-6-14-37-24(39)11-12-25(37)40/h9-12,16,21,26-29,32,41-43H,4-8,13-15,17-18H2,1-3H3,(H,35,44)(H,36,38)(H,45,46)(H,48,49,50)/t21-,26-,27-,28+,29?,32+/m0/s1. The molecule has 21 heteroatoms. The number of amides is 4. The maximum Gasteiger partial charge on any atom is 0.335 e. The van der Waals surface area contributed by atoms with E-state index in [-0.39, 0.29) is 50.6 Å². The van der Waals surface area contributed by atoms with Gasteiger partial charge in [-0.1, -0.05) is 6.42 Å². The Morgan fingerprint density at radius 2 is 1.64 bits per heavy atom. The van der Waals surface area contributed by atoms with Crippen LogP contribution in [0.15, 0.2) is 30.4 Å². The molecule has 20 nitrogen and oxygen atoms in total. The molecule has 2 aliphatic heterocycles. The fraction of sp³-hybridized carbons (Fsp3) is 0.588. The van der Waals surface area contributed by atoms with Gasteiger partial charge in [-0.25, -0.2) is 4.79 Å². The summed E-state index contributed by atoms with van der Waals surface area (Å²) >= 11 is 0. The Morgan fingerprint density at radius 3 is 2.25 bits per heavy atom. The minimum atomic E-state index is -4.69. The number of hydrogen-bond acceptors (Lipinski definition) is 15. The molecule has 0 bridgehead atoms. The van der Waals surface area contributed by atoms with Crippen LogP contribution in [0.4, 0.5) is 0 Å².